The van der Waals surface area contributed by atoms with Crippen molar-refractivity contribution in [3.8, 4) is 5.88 Å². The van der Waals surface area contributed by atoms with Crippen molar-refractivity contribution < 1.29 is 4.74 Å². The number of nitrogens with one attached hydrogen (secondary N) is 1. The highest BCUT2D eigenvalue weighted by Crippen LogP contribution is 2.12. The molecule has 20 heavy (non-hydrogen) atoms. The molecule has 2 aromatic heterocycles. The summed E-state index contributed by atoms with van der Waals surface area (Å²) < 4.78 is 5.54. The Balaban J connectivity index is 1.90. The maximum atomic E-state index is 5.54. The molecule has 0 unspecified atom stereocenters. The van der Waals surface area contributed by atoms with E-state index in [1.807, 2.05) is 25.3 Å². The zero-order valence-electron chi connectivity index (χ0n) is 12.0. The van der Waals surface area contributed by atoms with E-state index in [1.54, 1.807) is 6.20 Å². The van der Waals surface area contributed by atoms with E-state index < -0.39 is 0 Å². The minimum absolute atomic E-state index is 0.611. The van der Waals surface area contributed by atoms with Crippen molar-refractivity contribution >= 4 is 5.95 Å². The molecule has 106 valence electrons. The highest BCUT2D eigenvalue weighted by atomic mass is 16.5. The van der Waals surface area contributed by atoms with E-state index >= 15 is 0 Å². The normalized spacial score (nSPS) is 10.3. The van der Waals surface area contributed by atoms with Gasteiger partial charge in [0.2, 0.25) is 11.8 Å². The topological polar surface area (TPSA) is 59.9 Å². The summed E-state index contributed by atoms with van der Waals surface area (Å²) >= 11 is 0. The lowest BCUT2D eigenvalue weighted by molar-refractivity contribution is 0.305. The Kier molecular flexibility index (Phi) is 5.29. The molecular weight excluding hydrogens is 252 g/mol. The Morgan fingerprint density at radius 2 is 2.20 bits per heavy atom. The summed E-state index contributed by atoms with van der Waals surface area (Å²) in [6, 6.07) is 5.85. The van der Waals surface area contributed by atoms with Gasteiger partial charge in [0.1, 0.15) is 0 Å². The van der Waals surface area contributed by atoms with Gasteiger partial charge in [-0.15, -0.1) is 0 Å². The second-order valence-corrected chi connectivity index (χ2v) is 4.56. The molecule has 0 bridgehead atoms. The number of anilines is 1. The van der Waals surface area contributed by atoms with Gasteiger partial charge in [-0.2, -0.15) is 4.98 Å². The van der Waals surface area contributed by atoms with Crippen LogP contribution in [0.25, 0.3) is 0 Å². The minimum Gasteiger partial charge on any atom is -0.478 e. The molecule has 0 aliphatic heterocycles. The van der Waals surface area contributed by atoms with Gasteiger partial charge in [-0.25, -0.2) is 4.98 Å². The van der Waals surface area contributed by atoms with Crippen molar-refractivity contribution in [3.05, 3.63) is 41.9 Å². The van der Waals surface area contributed by atoms with Crippen molar-refractivity contribution in [2.45, 2.75) is 26.7 Å². The first-order valence-corrected chi connectivity index (χ1v) is 6.89. The molecule has 0 fully saturated rings. The fraction of sp³-hybridized carbons (Fsp3) is 0.400. The summed E-state index contributed by atoms with van der Waals surface area (Å²) in [5.74, 6) is 1.24. The summed E-state index contributed by atoms with van der Waals surface area (Å²) in [6.07, 6.45) is 5.50. The molecule has 0 saturated heterocycles. The number of rotatable bonds is 7. The quantitative estimate of drug-likeness (QED) is 0.839. The van der Waals surface area contributed by atoms with Crippen LogP contribution < -0.4 is 10.1 Å². The van der Waals surface area contributed by atoms with E-state index in [9.17, 15) is 0 Å². The molecule has 2 rings (SSSR count). The Morgan fingerprint density at radius 3 is 2.95 bits per heavy atom. The van der Waals surface area contributed by atoms with Gasteiger partial charge in [-0.1, -0.05) is 13.0 Å². The molecular formula is C15H20N4O. The van der Waals surface area contributed by atoms with Crippen LogP contribution in [0.4, 0.5) is 5.95 Å². The smallest absolute Gasteiger partial charge is 0.226 e. The zero-order chi connectivity index (χ0) is 14.2. The first kappa shape index (κ1) is 14.2. The number of nitrogens with zero attached hydrogens (tertiary/aromatic N) is 3. The van der Waals surface area contributed by atoms with Gasteiger partial charge in [-0.3, -0.25) is 4.98 Å². The average molecular weight is 272 g/mol. The Hall–Kier alpha value is -2.17. The molecule has 2 heterocycles. The molecule has 0 aromatic carbocycles. The molecule has 5 nitrogen and oxygen atoms in total. The first-order valence-electron chi connectivity index (χ1n) is 6.89. The van der Waals surface area contributed by atoms with Crippen LogP contribution in [0.3, 0.4) is 0 Å². The third-order valence-corrected chi connectivity index (χ3v) is 2.70. The van der Waals surface area contributed by atoms with Crippen LogP contribution in [0.5, 0.6) is 5.88 Å². The van der Waals surface area contributed by atoms with Crippen LogP contribution in [-0.2, 0) is 6.42 Å². The van der Waals surface area contributed by atoms with Gasteiger partial charge in [-0.05, 0) is 31.4 Å². The van der Waals surface area contributed by atoms with Crippen molar-refractivity contribution in [1.82, 2.24) is 15.0 Å². The predicted octanol–water partition coefficient (Wildman–Crippen LogP) is 2.62. The largest absolute Gasteiger partial charge is 0.478 e. The Labute approximate surface area is 119 Å². The van der Waals surface area contributed by atoms with Crippen LogP contribution >= 0.6 is 0 Å². The molecule has 1 N–H and O–H groups in total. The van der Waals surface area contributed by atoms with Gasteiger partial charge in [0.25, 0.3) is 0 Å². The van der Waals surface area contributed by atoms with Gasteiger partial charge >= 0.3 is 0 Å². The molecule has 0 amide bonds. The summed E-state index contributed by atoms with van der Waals surface area (Å²) in [6.45, 7) is 5.45. The Bertz CT molecular complexity index is 531. The number of hydrogen-bond acceptors (Lipinski definition) is 5. The third kappa shape index (κ3) is 4.50. The number of ether oxygens (including phenoxy) is 1. The van der Waals surface area contributed by atoms with E-state index in [1.165, 1.54) is 5.56 Å². The maximum absolute atomic E-state index is 5.54. The lowest BCUT2D eigenvalue weighted by atomic mass is 10.2. The van der Waals surface area contributed by atoms with E-state index in [0.717, 1.165) is 25.1 Å². The molecule has 0 saturated carbocycles. The summed E-state index contributed by atoms with van der Waals surface area (Å²) in [5.41, 5.74) is 2.09. The highest BCUT2D eigenvalue weighted by molar-refractivity contribution is 5.30. The van der Waals surface area contributed by atoms with Crippen molar-refractivity contribution in [2.75, 3.05) is 18.5 Å². The van der Waals surface area contributed by atoms with Crippen molar-refractivity contribution in [1.29, 1.82) is 0 Å². The number of aromatic nitrogens is 3. The van der Waals surface area contributed by atoms with Crippen molar-refractivity contribution in [2.24, 2.45) is 0 Å². The van der Waals surface area contributed by atoms with E-state index in [-0.39, 0.29) is 0 Å². The van der Waals surface area contributed by atoms with Crippen molar-refractivity contribution in [3.63, 3.8) is 0 Å². The summed E-state index contributed by atoms with van der Waals surface area (Å²) in [5, 5.41) is 3.22. The second-order valence-electron chi connectivity index (χ2n) is 4.56. The number of aryl methyl sites for hydroxylation is 1. The summed E-state index contributed by atoms with van der Waals surface area (Å²) in [7, 11) is 0. The van der Waals surface area contributed by atoms with E-state index in [0.29, 0.717) is 18.4 Å². The van der Waals surface area contributed by atoms with E-state index in [2.05, 4.69) is 33.3 Å². The fourth-order valence-corrected chi connectivity index (χ4v) is 1.76. The SMILES string of the molecule is CCCOc1cc(C)nc(NCCc2cccnc2)n1. The second kappa shape index (κ2) is 7.43. The lowest BCUT2D eigenvalue weighted by Gasteiger charge is -2.08. The Morgan fingerprint density at radius 1 is 1.30 bits per heavy atom. The maximum Gasteiger partial charge on any atom is 0.226 e. The first-order chi connectivity index (χ1) is 9.78. The molecule has 0 aliphatic rings. The third-order valence-electron chi connectivity index (χ3n) is 2.70. The predicted molar refractivity (Wildman–Crippen MR) is 79.0 cm³/mol. The lowest BCUT2D eigenvalue weighted by Crippen LogP contribution is -2.09. The molecule has 0 atom stereocenters. The van der Waals surface area contributed by atoms with Crippen LogP contribution in [0, 0.1) is 6.92 Å². The standard InChI is InChI=1S/C15H20N4O/c1-3-9-20-14-10-12(2)18-15(19-14)17-8-6-13-5-4-7-16-11-13/h4-5,7,10-11H,3,6,8-9H2,1-2H3,(H,17,18,19). The van der Waals surface area contributed by atoms with Gasteiger partial charge in [0.15, 0.2) is 0 Å². The molecule has 0 spiro atoms. The van der Waals surface area contributed by atoms with Gasteiger partial charge in [0, 0.05) is 30.7 Å². The zero-order valence-corrected chi connectivity index (χ0v) is 12.0. The number of hydrogen-bond donors (Lipinski definition) is 1. The average Bonchev–Trinajstić information content (AvgIpc) is 2.46. The summed E-state index contributed by atoms with van der Waals surface area (Å²) in [4.78, 5) is 12.8. The van der Waals surface area contributed by atoms with Crippen LogP contribution in [0.1, 0.15) is 24.6 Å². The monoisotopic (exact) mass is 272 g/mol. The molecule has 0 radical (unpaired) electrons. The van der Waals surface area contributed by atoms with Crippen LogP contribution in [-0.4, -0.2) is 28.1 Å². The molecule has 2 aromatic rings. The van der Waals surface area contributed by atoms with E-state index in [4.69, 9.17) is 4.74 Å². The minimum atomic E-state index is 0.611. The highest BCUT2D eigenvalue weighted by Gasteiger charge is 2.02. The van der Waals surface area contributed by atoms with Gasteiger partial charge < -0.3 is 10.1 Å². The van der Waals surface area contributed by atoms with Crippen LogP contribution in [0.15, 0.2) is 30.6 Å². The van der Waals surface area contributed by atoms with Gasteiger partial charge in [0.05, 0.1) is 6.61 Å². The molecule has 5 heteroatoms. The fourth-order valence-electron chi connectivity index (χ4n) is 1.76. The number of pyridine rings is 1. The van der Waals surface area contributed by atoms with Crippen LogP contribution in [0.2, 0.25) is 0 Å². The molecule has 0 aliphatic carbocycles.